The molecule has 1 atom stereocenters. The second kappa shape index (κ2) is 9.22. The third kappa shape index (κ3) is 4.73. The molecule has 3 heterocycles. The van der Waals surface area contributed by atoms with Crippen molar-refractivity contribution < 1.29 is 9.53 Å². The Balaban J connectivity index is 1.07. The molecule has 1 saturated carbocycles. The van der Waals surface area contributed by atoms with Gasteiger partial charge >= 0.3 is 0 Å². The van der Waals surface area contributed by atoms with E-state index in [1.54, 1.807) is 0 Å². The minimum absolute atomic E-state index is 0.0716. The van der Waals surface area contributed by atoms with Crippen LogP contribution in [0.3, 0.4) is 0 Å². The van der Waals surface area contributed by atoms with Gasteiger partial charge in [-0.2, -0.15) is 5.10 Å². The maximum Gasteiger partial charge on any atom is 0.274 e. The molecule has 6 heteroatoms. The second-order valence-corrected chi connectivity index (χ2v) is 10.6. The van der Waals surface area contributed by atoms with Crippen LogP contribution in [0, 0.1) is 5.92 Å². The van der Waals surface area contributed by atoms with Crippen LogP contribution in [0.1, 0.15) is 71.8 Å². The van der Waals surface area contributed by atoms with Crippen LogP contribution in [0.2, 0.25) is 0 Å². The molecule has 1 amide bonds. The summed E-state index contributed by atoms with van der Waals surface area (Å²) in [5, 5.41) is 7.49. The molecule has 6 rings (SSSR count). The highest BCUT2D eigenvalue weighted by molar-refractivity contribution is 5.92. The van der Waals surface area contributed by atoms with Crippen LogP contribution >= 0.6 is 0 Å². The quantitative estimate of drug-likeness (QED) is 0.700. The zero-order valence-corrected chi connectivity index (χ0v) is 19.5. The lowest BCUT2D eigenvalue weighted by atomic mass is 9.94. The van der Waals surface area contributed by atoms with Crippen molar-refractivity contribution in [1.29, 1.82) is 0 Å². The maximum atomic E-state index is 13.4. The number of fused-ring (bicyclic) bond motifs is 1. The van der Waals surface area contributed by atoms with E-state index in [9.17, 15) is 4.79 Å². The maximum absolute atomic E-state index is 13.4. The molecule has 2 aliphatic carbocycles. The highest BCUT2D eigenvalue weighted by Gasteiger charge is 2.33. The molecule has 3 fully saturated rings. The monoisotopic (exact) mass is 448 g/mol. The zero-order chi connectivity index (χ0) is 22.2. The molecule has 2 aromatic rings. The lowest BCUT2D eigenvalue weighted by molar-refractivity contribution is 0.0426. The van der Waals surface area contributed by atoms with Gasteiger partial charge in [0.2, 0.25) is 0 Å². The second-order valence-electron chi connectivity index (χ2n) is 10.6. The van der Waals surface area contributed by atoms with Crippen LogP contribution < -0.4 is 0 Å². The topological polar surface area (TPSA) is 61.5 Å². The predicted octanol–water partition coefficient (Wildman–Crippen LogP) is 3.79. The van der Waals surface area contributed by atoms with Gasteiger partial charge < -0.3 is 9.64 Å². The van der Waals surface area contributed by atoms with Crippen molar-refractivity contribution in [3.63, 3.8) is 0 Å². The van der Waals surface area contributed by atoms with Gasteiger partial charge in [-0.25, -0.2) is 0 Å². The number of hydrogen-bond acceptors (Lipinski definition) is 4. The summed E-state index contributed by atoms with van der Waals surface area (Å²) < 4.78 is 5.90. The molecule has 176 valence electrons. The van der Waals surface area contributed by atoms with Gasteiger partial charge in [0, 0.05) is 37.4 Å². The number of carbonyl (C=O) groups is 1. The fourth-order valence-corrected chi connectivity index (χ4v) is 6.09. The largest absolute Gasteiger partial charge is 0.376 e. The Morgan fingerprint density at radius 1 is 1.06 bits per heavy atom. The molecule has 6 nitrogen and oxygen atoms in total. The lowest BCUT2D eigenvalue weighted by Gasteiger charge is -2.38. The summed E-state index contributed by atoms with van der Waals surface area (Å²) in [7, 11) is 0. The molecule has 0 spiro atoms. The normalized spacial score (nSPS) is 24.3. The van der Waals surface area contributed by atoms with Crippen LogP contribution in [0.4, 0.5) is 0 Å². The first-order valence-electron chi connectivity index (χ1n) is 13.0. The van der Waals surface area contributed by atoms with Gasteiger partial charge in [0.15, 0.2) is 0 Å². The number of nitrogens with one attached hydrogen (secondary N) is 1. The first kappa shape index (κ1) is 21.4. The number of carbonyl (C=O) groups excluding carboxylic acids is 1. The Morgan fingerprint density at radius 2 is 1.82 bits per heavy atom. The van der Waals surface area contributed by atoms with Crippen molar-refractivity contribution in [3.8, 4) is 0 Å². The van der Waals surface area contributed by atoms with Gasteiger partial charge in [0.25, 0.3) is 5.91 Å². The Kier molecular flexibility index (Phi) is 5.97. The number of rotatable bonds is 7. The third-order valence-electron chi connectivity index (χ3n) is 8.24. The van der Waals surface area contributed by atoms with E-state index < -0.39 is 0 Å². The molecule has 33 heavy (non-hydrogen) atoms. The van der Waals surface area contributed by atoms with E-state index >= 15 is 0 Å². The van der Waals surface area contributed by atoms with E-state index in [2.05, 4.69) is 44.3 Å². The van der Waals surface area contributed by atoms with Gasteiger partial charge in [-0.05, 0) is 87.6 Å². The van der Waals surface area contributed by atoms with Crippen LogP contribution in [-0.4, -0.2) is 70.8 Å². The van der Waals surface area contributed by atoms with E-state index in [-0.39, 0.29) is 12.0 Å². The fraction of sp³-hybridized carbons (Fsp3) is 0.630. The number of ether oxygens (including phenoxy) is 1. The lowest BCUT2D eigenvalue weighted by Crippen LogP contribution is -2.46. The summed E-state index contributed by atoms with van der Waals surface area (Å²) in [5.74, 6) is 1.20. The highest BCUT2D eigenvalue weighted by atomic mass is 16.5. The molecule has 4 aliphatic rings. The average Bonchev–Trinajstić information content (AvgIpc) is 3.22. The van der Waals surface area contributed by atoms with Crippen LogP contribution in [0.15, 0.2) is 30.3 Å². The van der Waals surface area contributed by atoms with Crippen molar-refractivity contribution in [3.05, 3.63) is 52.8 Å². The molecule has 1 aromatic carbocycles. The van der Waals surface area contributed by atoms with E-state index in [1.165, 1.54) is 36.8 Å². The number of piperidine rings is 1. The SMILES string of the molecule is O=C(c1cc(C2CC2)[nH]n1)N(CC1CCN(C2Cc3ccccc3C2)CC1)CC1CCCO1. The molecule has 0 bridgehead atoms. The number of amides is 1. The van der Waals surface area contributed by atoms with Crippen LogP contribution in [0.5, 0.6) is 0 Å². The van der Waals surface area contributed by atoms with Gasteiger partial charge in [0.05, 0.1) is 6.10 Å². The van der Waals surface area contributed by atoms with Crippen molar-refractivity contribution in [2.75, 3.05) is 32.8 Å². The minimum Gasteiger partial charge on any atom is -0.376 e. The van der Waals surface area contributed by atoms with E-state index in [0.717, 1.165) is 57.6 Å². The molecular weight excluding hydrogens is 412 g/mol. The zero-order valence-electron chi connectivity index (χ0n) is 19.5. The van der Waals surface area contributed by atoms with Crippen LogP contribution in [-0.2, 0) is 17.6 Å². The standard InChI is InChI=1S/C27H36N4O2/c32-27(26-16-25(28-29-26)20-7-8-20)31(18-24-6-3-13-33-24)17-19-9-11-30(12-10-19)23-14-21-4-1-2-5-22(21)15-23/h1-2,4-5,16,19-20,23-24H,3,6-15,17-18H2,(H,28,29). The molecule has 2 saturated heterocycles. The summed E-state index contributed by atoms with van der Waals surface area (Å²) in [6.07, 6.45) is 9.45. The van der Waals surface area contributed by atoms with Gasteiger partial charge in [-0.1, -0.05) is 24.3 Å². The number of aromatic amines is 1. The van der Waals surface area contributed by atoms with Gasteiger partial charge in [-0.15, -0.1) is 0 Å². The number of nitrogens with zero attached hydrogens (tertiary/aromatic N) is 3. The van der Waals surface area contributed by atoms with Crippen molar-refractivity contribution in [2.45, 2.75) is 69.4 Å². The Bertz CT molecular complexity index is 945. The van der Waals surface area contributed by atoms with E-state index in [4.69, 9.17) is 4.74 Å². The summed E-state index contributed by atoms with van der Waals surface area (Å²) in [5.41, 5.74) is 4.77. The summed E-state index contributed by atoms with van der Waals surface area (Å²) in [6.45, 7) is 4.62. The minimum atomic E-state index is 0.0716. The number of H-pyrrole nitrogens is 1. The number of likely N-dealkylation sites (tertiary alicyclic amines) is 1. The highest BCUT2D eigenvalue weighted by Crippen LogP contribution is 2.39. The first-order chi connectivity index (χ1) is 16.2. The molecule has 2 aliphatic heterocycles. The third-order valence-corrected chi connectivity index (χ3v) is 8.24. The molecule has 0 radical (unpaired) electrons. The molecular formula is C27H36N4O2. The Hall–Kier alpha value is -2.18. The summed E-state index contributed by atoms with van der Waals surface area (Å²) in [6, 6.07) is 11.6. The van der Waals surface area contributed by atoms with E-state index in [1.807, 2.05) is 6.07 Å². The molecule has 1 aromatic heterocycles. The summed E-state index contributed by atoms with van der Waals surface area (Å²) >= 11 is 0. The van der Waals surface area contributed by atoms with Gasteiger partial charge in [0.1, 0.15) is 5.69 Å². The molecule has 1 N–H and O–H groups in total. The van der Waals surface area contributed by atoms with Crippen LogP contribution in [0.25, 0.3) is 0 Å². The Morgan fingerprint density at radius 3 is 2.48 bits per heavy atom. The van der Waals surface area contributed by atoms with Crippen molar-refractivity contribution in [1.82, 2.24) is 20.0 Å². The van der Waals surface area contributed by atoms with Crippen molar-refractivity contribution in [2.24, 2.45) is 5.92 Å². The first-order valence-corrected chi connectivity index (χ1v) is 13.0. The Labute approximate surface area is 196 Å². The smallest absolute Gasteiger partial charge is 0.274 e. The average molecular weight is 449 g/mol. The van der Waals surface area contributed by atoms with Gasteiger partial charge in [-0.3, -0.25) is 14.8 Å². The summed E-state index contributed by atoms with van der Waals surface area (Å²) in [4.78, 5) is 18.2. The fourth-order valence-electron chi connectivity index (χ4n) is 6.09. The molecule has 1 unspecified atom stereocenters. The number of aromatic nitrogens is 2. The predicted molar refractivity (Wildman–Crippen MR) is 127 cm³/mol. The van der Waals surface area contributed by atoms with E-state index in [0.29, 0.717) is 30.1 Å². The number of hydrogen-bond donors (Lipinski definition) is 1. The number of benzene rings is 1. The van der Waals surface area contributed by atoms with Crippen molar-refractivity contribution >= 4 is 5.91 Å².